The van der Waals surface area contributed by atoms with Crippen LogP contribution in [0.5, 0.6) is 17.2 Å². The number of phenolic OH excluding ortho intramolecular Hbond substituents is 1. The lowest BCUT2D eigenvalue weighted by molar-refractivity contribution is 0.311. The lowest BCUT2D eigenvalue weighted by atomic mass is 10.3. The van der Waals surface area contributed by atoms with Gasteiger partial charge in [0.25, 0.3) is 0 Å². The van der Waals surface area contributed by atoms with Crippen LogP contribution < -0.4 is 9.47 Å². The van der Waals surface area contributed by atoms with Crippen LogP contribution in [0.25, 0.3) is 0 Å². The fourth-order valence-electron chi connectivity index (χ4n) is 0.974. The van der Waals surface area contributed by atoms with Crippen LogP contribution >= 0.6 is 0 Å². The summed E-state index contributed by atoms with van der Waals surface area (Å²) in [5.41, 5.74) is 0. The van der Waals surface area contributed by atoms with E-state index in [4.69, 9.17) is 22.3 Å². The van der Waals surface area contributed by atoms with E-state index in [0.29, 0.717) is 0 Å². The second kappa shape index (κ2) is 5.47. The molecule has 0 saturated carbocycles. The SMILES string of the molecule is C#CCOc1cccc(OCC#C)c1O. The summed E-state index contributed by atoms with van der Waals surface area (Å²) < 4.78 is 10.2. The highest BCUT2D eigenvalue weighted by molar-refractivity contribution is 5.50. The van der Waals surface area contributed by atoms with Crippen molar-refractivity contribution in [1.82, 2.24) is 0 Å². The zero-order chi connectivity index (χ0) is 11.1. The van der Waals surface area contributed by atoms with Crippen LogP contribution in [0.1, 0.15) is 0 Å². The van der Waals surface area contributed by atoms with E-state index < -0.39 is 0 Å². The molecule has 0 aromatic heterocycles. The molecule has 1 N–H and O–H groups in total. The highest BCUT2D eigenvalue weighted by atomic mass is 16.5. The average molecular weight is 202 g/mol. The Morgan fingerprint density at radius 2 is 1.53 bits per heavy atom. The van der Waals surface area contributed by atoms with Gasteiger partial charge in [0.2, 0.25) is 5.75 Å². The summed E-state index contributed by atoms with van der Waals surface area (Å²) in [4.78, 5) is 0. The summed E-state index contributed by atoms with van der Waals surface area (Å²) in [6.07, 6.45) is 10.1. The molecule has 3 heteroatoms. The number of aromatic hydroxyl groups is 1. The normalized spacial score (nSPS) is 8.67. The Morgan fingerprint density at radius 3 is 1.93 bits per heavy atom. The maximum Gasteiger partial charge on any atom is 0.200 e. The second-order valence-corrected chi connectivity index (χ2v) is 2.59. The number of hydrogen-bond acceptors (Lipinski definition) is 3. The summed E-state index contributed by atoms with van der Waals surface area (Å²) in [5.74, 6) is 5.06. The van der Waals surface area contributed by atoms with Crippen LogP contribution in [0.15, 0.2) is 18.2 Å². The molecule has 1 rings (SSSR count). The van der Waals surface area contributed by atoms with Gasteiger partial charge in [-0.05, 0) is 12.1 Å². The van der Waals surface area contributed by atoms with Crippen LogP contribution in [0.3, 0.4) is 0 Å². The van der Waals surface area contributed by atoms with E-state index in [1.807, 2.05) is 0 Å². The lowest BCUT2D eigenvalue weighted by Crippen LogP contribution is -1.97. The van der Waals surface area contributed by atoms with Crippen molar-refractivity contribution in [3.63, 3.8) is 0 Å². The van der Waals surface area contributed by atoms with Crippen molar-refractivity contribution >= 4 is 0 Å². The van der Waals surface area contributed by atoms with E-state index in [0.717, 1.165) is 0 Å². The summed E-state index contributed by atoms with van der Waals surface area (Å²) in [6.45, 7) is 0.179. The highest BCUT2D eigenvalue weighted by Gasteiger charge is 2.08. The van der Waals surface area contributed by atoms with Crippen LogP contribution in [-0.4, -0.2) is 18.3 Å². The molecule has 0 heterocycles. The molecule has 0 fully saturated rings. The van der Waals surface area contributed by atoms with Crippen molar-refractivity contribution in [1.29, 1.82) is 0 Å². The Morgan fingerprint density at radius 1 is 1.07 bits per heavy atom. The van der Waals surface area contributed by atoms with Crippen molar-refractivity contribution in [2.75, 3.05) is 13.2 Å². The Labute approximate surface area is 88.6 Å². The maximum absolute atomic E-state index is 9.65. The molecule has 15 heavy (non-hydrogen) atoms. The van der Waals surface area contributed by atoms with Crippen LogP contribution in [0, 0.1) is 24.7 Å². The third kappa shape index (κ3) is 2.86. The molecule has 0 saturated heterocycles. The molecule has 0 aliphatic rings. The molecule has 1 aromatic rings. The zero-order valence-corrected chi connectivity index (χ0v) is 8.06. The van der Waals surface area contributed by atoms with Crippen molar-refractivity contribution in [2.24, 2.45) is 0 Å². The molecule has 0 unspecified atom stereocenters. The minimum absolute atomic E-state index is 0.0894. The molecular weight excluding hydrogens is 192 g/mol. The highest BCUT2D eigenvalue weighted by Crippen LogP contribution is 2.35. The van der Waals surface area contributed by atoms with Gasteiger partial charge in [0.05, 0.1) is 0 Å². The maximum atomic E-state index is 9.65. The number of ether oxygens (including phenoxy) is 2. The van der Waals surface area contributed by atoms with Crippen LogP contribution in [-0.2, 0) is 0 Å². The van der Waals surface area contributed by atoms with Gasteiger partial charge in [-0.1, -0.05) is 17.9 Å². The minimum atomic E-state index is -0.0944. The Hall–Kier alpha value is -2.26. The van der Waals surface area contributed by atoms with Crippen molar-refractivity contribution in [3.05, 3.63) is 18.2 Å². The fourth-order valence-corrected chi connectivity index (χ4v) is 0.974. The van der Waals surface area contributed by atoms with Crippen LogP contribution in [0.4, 0.5) is 0 Å². The zero-order valence-electron chi connectivity index (χ0n) is 8.06. The van der Waals surface area contributed by atoms with E-state index in [1.165, 1.54) is 0 Å². The van der Waals surface area contributed by atoms with E-state index in [2.05, 4.69) is 11.8 Å². The fraction of sp³-hybridized carbons (Fsp3) is 0.167. The molecule has 76 valence electrons. The van der Waals surface area contributed by atoms with Crippen molar-refractivity contribution in [3.8, 4) is 41.9 Å². The first kappa shape index (κ1) is 10.8. The lowest BCUT2D eigenvalue weighted by Gasteiger charge is -2.09. The second-order valence-electron chi connectivity index (χ2n) is 2.59. The van der Waals surface area contributed by atoms with Gasteiger partial charge >= 0.3 is 0 Å². The van der Waals surface area contributed by atoms with Crippen molar-refractivity contribution in [2.45, 2.75) is 0 Å². The summed E-state index contributed by atoms with van der Waals surface area (Å²) in [6, 6.07) is 4.86. The largest absolute Gasteiger partial charge is 0.502 e. The van der Waals surface area contributed by atoms with Gasteiger partial charge < -0.3 is 14.6 Å². The number of para-hydroxylation sites is 1. The van der Waals surface area contributed by atoms with Gasteiger partial charge in [0.1, 0.15) is 13.2 Å². The predicted octanol–water partition coefficient (Wildman–Crippen LogP) is 1.42. The number of rotatable bonds is 4. The molecule has 0 bridgehead atoms. The number of terminal acetylenes is 2. The number of hydrogen-bond donors (Lipinski definition) is 1. The summed E-state index contributed by atoms with van der Waals surface area (Å²) in [7, 11) is 0. The quantitative estimate of drug-likeness (QED) is 0.750. The monoisotopic (exact) mass is 202 g/mol. The Kier molecular flexibility index (Phi) is 3.94. The third-order valence-corrected chi connectivity index (χ3v) is 1.58. The number of phenols is 1. The molecule has 0 atom stereocenters. The summed E-state index contributed by atoms with van der Waals surface area (Å²) in [5, 5.41) is 9.65. The molecule has 3 nitrogen and oxygen atoms in total. The standard InChI is InChI=1S/C12H10O3/c1-3-8-14-10-6-5-7-11(12(10)13)15-9-4-2/h1-2,5-7,13H,8-9H2. The first-order valence-corrected chi connectivity index (χ1v) is 4.24. The summed E-state index contributed by atoms with van der Waals surface area (Å²) >= 11 is 0. The minimum Gasteiger partial charge on any atom is -0.502 e. The van der Waals surface area contributed by atoms with Gasteiger partial charge in [0.15, 0.2) is 11.5 Å². The topological polar surface area (TPSA) is 38.7 Å². The average Bonchev–Trinajstić information content (AvgIpc) is 2.26. The molecule has 1 aromatic carbocycles. The molecule has 0 radical (unpaired) electrons. The predicted molar refractivity (Wildman–Crippen MR) is 56.8 cm³/mol. The third-order valence-electron chi connectivity index (χ3n) is 1.58. The van der Waals surface area contributed by atoms with E-state index >= 15 is 0 Å². The van der Waals surface area contributed by atoms with Gasteiger partial charge in [-0.25, -0.2) is 0 Å². The molecule has 0 amide bonds. The molecule has 0 aliphatic heterocycles. The first-order chi connectivity index (χ1) is 7.29. The first-order valence-electron chi connectivity index (χ1n) is 4.24. The van der Waals surface area contributed by atoms with E-state index in [9.17, 15) is 5.11 Å². The van der Waals surface area contributed by atoms with Gasteiger partial charge in [-0.15, -0.1) is 12.8 Å². The van der Waals surface area contributed by atoms with Crippen molar-refractivity contribution < 1.29 is 14.6 Å². The molecular formula is C12H10O3. The van der Waals surface area contributed by atoms with Gasteiger partial charge in [0, 0.05) is 0 Å². The molecule has 0 spiro atoms. The number of benzene rings is 1. The van der Waals surface area contributed by atoms with Gasteiger partial charge in [-0.3, -0.25) is 0 Å². The smallest absolute Gasteiger partial charge is 0.200 e. The van der Waals surface area contributed by atoms with Crippen LogP contribution in [0.2, 0.25) is 0 Å². The van der Waals surface area contributed by atoms with E-state index in [-0.39, 0.29) is 30.5 Å². The van der Waals surface area contributed by atoms with Gasteiger partial charge in [-0.2, -0.15) is 0 Å². The Balaban J connectivity index is 2.82. The molecule has 0 aliphatic carbocycles. The Bertz CT molecular complexity index is 374. The van der Waals surface area contributed by atoms with E-state index in [1.54, 1.807) is 18.2 Å².